The van der Waals surface area contributed by atoms with E-state index in [1.807, 2.05) is 0 Å². The molecular formula is C9H9BrN2O4. The molecule has 16 heavy (non-hydrogen) atoms. The van der Waals surface area contributed by atoms with Crippen LogP contribution in [0.5, 0.6) is 0 Å². The average Bonchev–Trinajstić information content (AvgIpc) is 2.20. The lowest BCUT2D eigenvalue weighted by atomic mass is 10.3. The number of nitrogens with zero attached hydrogens (tertiary/aromatic N) is 1. The molecule has 86 valence electrons. The Hall–Kier alpha value is -1.63. The third kappa shape index (κ3) is 2.93. The lowest BCUT2D eigenvalue weighted by Gasteiger charge is -2.01. The summed E-state index contributed by atoms with van der Waals surface area (Å²) in [5.74, 6) is -1.04. The Balaban J connectivity index is 3.04. The molecule has 6 nitrogen and oxygen atoms in total. The molecule has 0 spiro atoms. The van der Waals surface area contributed by atoms with Gasteiger partial charge in [0, 0.05) is 18.3 Å². The van der Waals surface area contributed by atoms with E-state index < -0.39 is 17.2 Å². The second-order valence-electron chi connectivity index (χ2n) is 3.08. The third-order valence-electron chi connectivity index (χ3n) is 1.90. The highest BCUT2D eigenvalue weighted by molar-refractivity contribution is 9.10. The van der Waals surface area contributed by atoms with Crippen molar-refractivity contribution in [3.63, 3.8) is 0 Å². The van der Waals surface area contributed by atoms with E-state index in [4.69, 9.17) is 5.11 Å². The Kier molecular flexibility index (Phi) is 3.83. The molecule has 1 heterocycles. The largest absolute Gasteiger partial charge is 0.478 e. The highest BCUT2D eigenvalue weighted by Gasteiger charge is 2.02. The van der Waals surface area contributed by atoms with Gasteiger partial charge in [-0.1, -0.05) is 6.08 Å². The van der Waals surface area contributed by atoms with Gasteiger partial charge in [0.25, 0.3) is 5.56 Å². The van der Waals surface area contributed by atoms with Crippen molar-refractivity contribution in [3.05, 3.63) is 43.2 Å². The van der Waals surface area contributed by atoms with E-state index in [9.17, 15) is 14.4 Å². The molecular weight excluding hydrogens is 280 g/mol. The van der Waals surface area contributed by atoms with Crippen LogP contribution in [-0.2, 0) is 11.3 Å². The highest BCUT2D eigenvalue weighted by atomic mass is 79.9. The zero-order valence-corrected chi connectivity index (χ0v) is 9.94. The lowest BCUT2D eigenvalue weighted by molar-refractivity contribution is -0.132. The van der Waals surface area contributed by atoms with Crippen molar-refractivity contribution in [2.24, 2.45) is 0 Å². The summed E-state index contributed by atoms with van der Waals surface area (Å²) in [5, 5.41) is 8.61. The molecule has 0 aliphatic heterocycles. The van der Waals surface area contributed by atoms with Gasteiger partial charge in [0.1, 0.15) is 0 Å². The lowest BCUT2D eigenvalue weighted by Crippen LogP contribution is -2.29. The van der Waals surface area contributed by atoms with E-state index in [2.05, 4.69) is 20.9 Å². The zero-order valence-electron chi connectivity index (χ0n) is 8.36. The zero-order chi connectivity index (χ0) is 12.3. The first-order chi connectivity index (χ1) is 7.41. The van der Waals surface area contributed by atoms with Gasteiger partial charge in [-0.3, -0.25) is 14.3 Å². The normalized spacial score (nSPS) is 11.5. The van der Waals surface area contributed by atoms with Gasteiger partial charge >= 0.3 is 11.7 Å². The summed E-state index contributed by atoms with van der Waals surface area (Å²) in [5.41, 5.74) is -0.961. The molecule has 0 aromatic carbocycles. The van der Waals surface area contributed by atoms with Crippen molar-refractivity contribution in [1.29, 1.82) is 0 Å². The molecule has 7 heteroatoms. The Bertz CT molecular complexity index is 555. The SMILES string of the molecule is CC(=CCn1cc(Br)c(=O)[nH]c1=O)C(=O)O. The molecule has 0 amide bonds. The van der Waals surface area contributed by atoms with Crippen LogP contribution in [0.25, 0.3) is 0 Å². The van der Waals surface area contributed by atoms with Gasteiger partial charge < -0.3 is 5.11 Å². The first kappa shape index (κ1) is 12.4. The number of carbonyl (C=O) groups is 1. The maximum atomic E-state index is 11.3. The number of aromatic nitrogens is 2. The van der Waals surface area contributed by atoms with Crippen LogP contribution in [0.15, 0.2) is 31.9 Å². The summed E-state index contributed by atoms with van der Waals surface area (Å²) < 4.78 is 1.41. The van der Waals surface area contributed by atoms with Gasteiger partial charge in [-0.15, -0.1) is 0 Å². The summed E-state index contributed by atoms with van der Waals surface area (Å²) in [6.45, 7) is 1.51. The number of halogens is 1. The van der Waals surface area contributed by atoms with Crippen molar-refractivity contribution in [2.45, 2.75) is 13.5 Å². The minimum atomic E-state index is -1.04. The standard InChI is InChI=1S/C9H9BrN2O4/c1-5(8(14)15)2-3-12-4-6(10)7(13)11-9(12)16/h2,4H,3H2,1H3,(H,14,15)(H,11,13,16). The number of carboxylic acids is 1. The Labute approximate surface area is 98.4 Å². The summed E-state index contributed by atoms with van der Waals surface area (Å²) in [6, 6.07) is 0. The topological polar surface area (TPSA) is 92.2 Å². The monoisotopic (exact) mass is 288 g/mol. The second kappa shape index (κ2) is 4.93. The molecule has 0 fully saturated rings. The maximum Gasteiger partial charge on any atom is 0.331 e. The molecule has 0 unspecified atom stereocenters. The van der Waals surface area contributed by atoms with Crippen molar-refractivity contribution < 1.29 is 9.90 Å². The van der Waals surface area contributed by atoms with E-state index in [-0.39, 0.29) is 16.6 Å². The van der Waals surface area contributed by atoms with Crippen LogP contribution < -0.4 is 11.2 Å². The molecule has 0 saturated carbocycles. The Morgan fingerprint density at radius 1 is 1.62 bits per heavy atom. The van der Waals surface area contributed by atoms with Crippen LogP contribution in [-0.4, -0.2) is 20.6 Å². The number of aromatic amines is 1. The minimum Gasteiger partial charge on any atom is -0.478 e. The van der Waals surface area contributed by atoms with Gasteiger partial charge in [0.2, 0.25) is 0 Å². The highest BCUT2D eigenvalue weighted by Crippen LogP contribution is 1.99. The van der Waals surface area contributed by atoms with Crippen LogP contribution in [0, 0.1) is 0 Å². The van der Waals surface area contributed by atoms with Gasteiger partial charge in [-0.25, -0.2) is 9.59 Å². The first-order valence-electron chi connectivity index (χ1n) is 4.31. The maximum absolute atomic E-state index is 11.3. The van der Waals surface area contributed by atoms with Gasteiger partial charge in [-0.2, -0.15) is 0 Å². The summed E-state index contributed by atoms with van der Waals surface area (Å²) >= 11 is 2.98. The molecule has 1 aromatic heterocycles. The predicted octanol–water partition coefficient (Wildman–Crippen LogP) is 0.330. The molecule has 2 N–H and O–H groups in total. The van der Waals surface area contributed by atoms with E-state index in [1.54, 1.807) is 0 Å². The summed E-state index contributed by atoms with van der Waals surface area (Å²) in [7, 11) is 0. The van der Waals surface area contributed by atoms with Crippen LogP contribution >= 0.6 is 15.9 Å². The number of hydrogen-bond donors (Lipinski definition) is 2. The van der Waals surface area contributed by atoms with Crippen LogP contribution in [0.1, 0.15) is 6.92 Å². The number of nitrogens with one attached hydrogen (secondary N) is 1. The van der Waals surface area contributed by atoms with Gasteiger partial charge in [0.05, 0.1) is 4.47 Å². The predicted molar refractivity (Wildman–Crippen MR) is 60.4 cm³/mol. The minimum absolute atomic E-state index is 0.0896. The van der Waals surface area contributed by atoms with Gasteiger partial charge in [0.15, 0.2) is 0 Å². The van der Waals surface area contributed by atoms with E-state index in [1.165, 1.54) is 23.8 Å². The molecule has 0 aliphatic rings. The van der Waals surface area contributed by atoms with E-state index in [0.29, 0.717) is 0 Å². The van der Waals surface area contributed by atoms with E-state index >= 15 is 0 Å². The second-order valence-corrected chi connectivity index (χ2v) is 3.94. The van der Waals surface area contributed by atoms with Crippen molar-refractivity contribution >= 4 is 21.9 Å². The number of carboxylic acid groups (broad SMARTS) is 1. The molecule has 0 radical (unpaired) electrons. The summed E-state index contributed by atoms with van der Waals surface area (Å²) in [6.07, 6.45) is 2.70. The molecule has 1 aromatic rings. The number of aliphatic carboxylic acids is 1. The number of hydrogen-bond acceptors (Lipinski definition) is 3. The molecule has 0 saturated heterocycles. The van der Waals surface area contributed by atoms with Crippen molar-refractivity contribution in [1.82, 2.24) is 9.55 Å². The molecule has 0 atom stereocenters. The molecule has 1 rings (SSSR count). The Morgan fingerprint density at radius 2 is 2.25 bits per heavy atom. The van der Waals surface area contributed by atoms with E-state index in [0.717, 1.165) is 0 Å². The smallest absolute Gasteiger partial charge is 0.331 e. The third-order valence-corrected chi connectivity index (χ3v) is 2.46. The van der Waals surface area contributed by atoms with Crippen molar-refractivity contribution in [3.8, 4) is 0 Å². The van der Waals surface area contributed by atoms with Crippen LogP contribution in [0.2, 0.25) is 0 Å². The first-order valence-corrected chi connectivity index (χ1v) is 5.10. The van der Waals surface area contributed by atoms with Crippen molar-refractivity contribution in [2.75, 3.05) is 0 Å². The number of rotatable bonds is 3. The van der Waals surface area contributed by atoms with Crippen LogP contribution in [0.3, 0.4) is 0 Å². The number of allylic oxidation sites excluding steroid dienone is 1. The fourth-order valence-corrected chi connectivity index (χ4v) is 1.29. The fraction of sp³-hybridized carbons (Fsp3) is 0.222. The molecule has 0 bridgehead atoms. The quantitative estimate of drug-likeness (QED) is 0.784. The van der Waals surface area contributed by atoms with Crippen LogP contribution in [0.4, 0.5) is 0 Å². The molecule has 0 aliphatic carbocycles. The number of H-pyrrole nitrogens is 1. The van der Waals surface area contributed by atoms with Gasteiger partial charge in [-0.05, 0) is 22.9 Å². The fourth-order valence-electron chi connectivity index (χ4n) is 0.941. The Morgan fingerprint density at radius 3 is 2.81 bits per heavy atom. The summed E-state index contributed by atoms with van der Waals surface area (Å²) in [4.78, 5) is 34.9. The average molecular weight is 289 g/mol.